The molecule has 1 N–H and O–H groups in total. The number of sulfonamides is 1. The molecule has 0 saturated heterocycles. The zero-order valence-corrected chi connectivity index (χ0v) is 19.5. The Morgan fingerprint density at radius 3 is 2.38 bits per heavy atom. The third-order valence-corrected chi connectivity index (χ3v) is 6.68. The summed E-state index contributed by atoms with van der Waals surface area (Å²) in [5, 5.41) is 3.52. The van der Waals surface area contributed by atoms with Gasteiger partial charge in [-0.1, -0.05) is 41.4 Å². The molecule has 8 heteroatoms. The van der Waals surface area contributed by atoms with Crippen molar-refractivity contribution >= 4 is 45.0 Å². The van der Waals surface area contributed by atoms with Crippen molar-refractivity contribution in [3.8, 4) is 0 Å². The van der Waals surface area contributed by atoms with Crippen LogP contribution in [0.5, 0.6) is 0 Å². The van der Waals surface area contributed by atoms with Crippen LogP contribution in [0.2, 0.25) is 5.02 Å². The summed E-state index contributed by atoms with van der Waals surface area (Å²) in [5.74, 6) is 1.20. The Balaban J connectivity index is 1.92. The molecule has 0 aliphatic heterocycles. The van der Waals surface area contributed by atoms with E-state index in [1.54, 1.807) is 11.8 Å². The lowest BCUT2D eigenvalue weighted by atomic mass is 10.1. The second kappa shape index (κ2) is 10.4. The van der Waals surface area contributed by atoms with Crippen LogP contribution in [0.3, 0.4) is 0 Å². The zero-order valence-electron chi connectivity index (χ0n) is 17.2. The highest BCUT2D eigenvalue weighted by atomic mass is 35.5. The molecule has 0 fully saturated rings. The van der Waals surface area contributed by atoms with Crippen molar-refractivity contribution in [2.24, 2.45) is 0 Å². The minimum atomic E-state index is -3.59. The predicted molar refractivity (Wildman–Crippen MR) is 123 cm³/mol. The molecule has 158 valence electrons. The fourth-order valence-corrected chi connectivity index (χ4v) is 5.18. The number of thioether (sulfide) groups is 1. The lowest BCUT2D eigenvalue weighted by Gasteiger charge is -2.26. The number of nitrogens with zero attached hydrogens (tertiary/aromatic N) is 1. The van der Waals surface area contributed by atoms with Gasteiger partial charge < -0.3 is 5.32 Å². The second-order valence-corrected chi connectivity index (χ2v) is 10.5. The fourth-order valence-electron chi connectivity index (χ4n) is 3.19. The molecule has 0 heterocycles. The third kappa shape index (κ3) is 7.24. The average molecular weight is 455 g/mol. The maximum Gasteiger partial charge on any atom is 0.240 e. The van der Waals surface area contributed by atoms with E-state index in [-0.39, 0.29) is 12.5 Å². The van der Waals surface area contributed by atoms with E-state index in [1.165, 1.54) is 4.31 Å². The zero-order chi connectivity index (χ0) is 21.6. The van der Waals surface area contributed by atoms with Crippen LogP contribution in [0, 0.1) is 20.8 Å². The number of amides is 1. The smallest absolute Gasteiger partial charge is 0.240 e. The molecule has 5 nitrogen and oxygen atoms in total. The lowest BCUT2D eigenvalue weighted by Crippen LogP contribution is -2.41. The number of nitrogens with one attached hydrogen (secondary N) is 1. The molecule has 0 aliphatic rings. The van der Waals surface area contributed by atoms with Crippen LogP contribution in [0.25, 0.3) is 0 Å². The summed E-state index contributed by atoms with van der Waals surface area (Å²) < 4.78 is 25.9. The molecule has 0 bridgehead atoms. The largest absolute Gasteiger partial charge is 0.354 e. The van der Waals surface area contributed by atoms with E-state index >= 15 is 0 Å². The Kier molecular flexibility index (Phi) is 8.43. The first-order chi connectivity index (χ1) is 13.6. The van der Waals surface area contributed by atoms with Crippen molar-refractivity contribution in [2.45, 2.75) is 26.5 Å². The summed E-state index contributed by atoms with van der Waals surface area (Å²) in [6.07, 6.45) is 1.12. The van der Waals surface area contributed by atoms with E-state index in [0.29, 0.717) is 17.3 Å². The quantitative estimate of drug-likeness (QED) is 0.580. The summed E-state index contributed by atoms with van der Waals surface area (Å²) in [4.78, 5) is 12.4. The molecule has 0 atom stereocenters. The Morgan fingerprint density at radius 1 is 1.14 bits per heavy atom. The number of anilines is 1. The van der Waals surface area contributed by atoms with Gasteiger partial charge in [0.2, 0.25) is 15.9 Å². The SMILES string of the molecule is Cc1cc(C)c(N(CC(=O)NCCSCc2cccc(Cl)c2)S(C)(=O)=O)c(C)c1. The first-order valence-corrected chi connectivity index (χ1v) is 12.6. The summed E-state index contributed by atoms with van der Waals surface area (Å²) in [5.41, 5.74) is 4.42. The van der Waals surface area contributed by atoms with Gasteiger partial charge in [-0.05, 0) is 49.6 Å². The maximum absolute atomic E-state index is 12.4. The molecule has 0 aliphatic carbocycles. The number of aryl methyl sites for hydroxylation is 3. The first-order valence-electron chi connectivity index (χ1n) is 9.22. The highest BCUT2D eigenvalue weighted by Gasteiger charge is 2.24. The van der Waals surface area contributed by atoms with E-state index < -0.39 is 10.0 Å². The van der Waals surface area contributed by atoms with Crippen molar-refractivity contribution in [2.75, 3.05) is 29.4 Å². The monoisotopic (exact) mass is 454 g/mol. The van der Waals surface area contributed by atoms with Gasteiger partial charge in [-0.25, -0.2) is 8.42 Å². The number of halogens is 1. The van der Waals surface area contributed by atoms with E-state index in [4.69, 9.17) is 11.6 Å². The molecule has 1 amide bonds. The fraction of sp³-hybridized carbons (Fsp3) is 0.381. The van der Waals surface area contributed by atoms with Crippen LogP contribution >= 0.6 is 23.4 Å². The Morgan fingerprint density at radius 2 is 1.79 bits per heavy atom. The topological polar surface area (TPSA) is 66.5 Å². The van der Waals surface area contributed by atoms with Crippen LogP contribution in [0.1, 0.15) is 22.3 Å². The number of carbonyl (C=O) groups excluding carboxylic acids is 1. The van der Waals surface area contributed by atoms with Crippen molar-refractivity contribution < 1.29 is 13.2 Å². The molecule has 0 aromatic heterocycles. The van der Waals surface area contributed by atoms with Crippen LogP contribution < -0.4 is 9.62 Å². The minimum Gasteiger partial charge on any atom is -0.354 e. The molecule has 2 aromatic rings. The van der Waals surface area contributed by atoms with Crippen LogP contribution in [0.15, 0.2) is 36.4 Å². The second-order valence-electron chi connectivity index (χ2n) is 7.05. The van der Waals surface area contributed by atoms with Gasteiger partial charge >= 0.3 is 0 Å². The van der Waals surface area contributed by atoms with Gasteiger partial charge in [0.25, 0.3) is 0 Å². The standard InChI is InChI=1S/C21H27ClN2O3S2/c1-15-10-16(2)21(17(3)11-15)24(29(4,26)27)13-20(25)23-8-9-28-14-18-6-5-7-19(22)12-18/h5-7,10-12H,8-9,13-14H2,1-4H3,(H,23,25). The van der Waals surface area contributed by atoms with Gasteiger partial charge in [-0.15, -0.1) is 0 Å². The highest BCUT2D eigenvalue weighted by molar-refractivity contribution is 7.98. The molecule has 0 unspecified atom stereocenters. The normalized spacial score (nSPS) is 11.3. The van der Waals surface area contributed by atoms with Crippen molar-refractivity contribution in [1.82, 2.24) is 5.32 Å². The Bertz CT molecular complexity index is 955. The van der Waals surface area contributed by atoms with E-state index in [0.717, 1.165) is 40.0 Å². The third-order valence-electron chi connectivity index (χ3n) is 4.30. The van der Waals surface area contributed by atoms with Crippen LogP contribution in [-0.2, 0) is 20.6 Å². The number of carbonyl (C=O) groups is 1. The Hall–Kier alpha value is -1.70. The highest BCUT2D eigenvalue weighted by Crippen LogP contribution is 2.28. The maximum atomic E-state index is 12.4. The molecular formula is C21H27ClN2O3S2. The molecular weight excluding hydrogens is 428 g/mol. The lowest BCUT2D eigenvalue weighted by molar-refractivity contribution is -0.119. The van der Waals surface area contributed by atoms with Gasteiger partial charge in [-0.3, -0.25) is 9.10 Å². The molecule has 2 aromatic carbocycles. The molecule has 0 spiro atoms. The number of benzene rings is 2. The molecule has 0 saturated carbocycles. The van der Waals surface area contributed by atoms with Gasteiger partial charge in [0.15, 0.2) is 0 Å². The van der Waals surface area contributed by atoms with Crippen molar-refractivity contribution in [3.05, 3.63) is 63.7 Å². The van der Waals surface area contributed by atoms with Gasteiger partial charge in [0, 0.05) is 23.1 Å². The van der Waals surface area contributed by atoms with Gasteiger partial charge in [0.05, 0.1) is 11.9 Å². The number of hydrogen-bond donors (Lipinski definition) is 1. The van der Waals surface area contributed by atoms with E-state index in [2.05, 4.69) is 5.32 Å². The summed E-state index contributed by atoms with van der Waals surface area (Å²) in [6.45, 7) is 5.91. The summed E-state index contributed by atoms with van der Waals surface area (Å²) >= 11 is 7.65. The van der Waals surface area contributed by atoms with Crippen LogP contribution in [0.4, 0.5) is 5.69 Å². The number of hydrogen-bond acceptors (Lipinski definition) is 4. The summed E-state index contributed by atoms with van der Waals surface area (Å²) in [7, 11) is -3.59. The van der Waals surface area contributed by atoms with Crippen molar-refractivity contribution in [3.63, 3.8) is 0 Å². The number of rotatable bonds is 9. The van der Waals surface area contributed by atoms with Crippen molar-refractivity contribution in [1.29, 1.82) is 0 Å². The van der Waals surface area contributed by atoms with Gasteiger partial charge in [-0.2, -0.15) is 11.8 Å². The van der Waals surface area contributed by atoms with Crippen LogP contribution in [-0.4, -0.2) is 39.4 Å². The van der Waals surface area contributed by atoms with E-state index in [9.17, 15) is 13.2 Å². The molecule has 29 heavy (non-hydrogen) atoms. The average Bonchev–Trinajstić information content (AvgIpc) is 2.59. The Labute approximate surface area is 182 Å². The first kappa shape index (κ1) is 23.6. The van der Waals surface area contributed by atoms with E-state index in [1.807, 2.05) is 57.2 Å². The molecule has 2 rings (SSSR count). The molecule has 0 radical (unpaired) electrons. The predicted octanol–water partition coefficient (Wildman–Crippen LogP) is 4.08. The minimum absolute atomic E-state index is 0.234. The summed E-state index contributed by atoms with van der Waals surface area (Å²) in [6, 6.07) is 11.5. The van der Waals surface area contributed by atoms with Gasteiger partial charge in [0.1, 0.15) is 6.54 Å².